The molecule has 0 saturated heterocycles. The molecule has 0 aliphatic carbocycles. The number of halogens is 1. The van der Waals surface area contributed by atoms with Crippen molar-refractivity contribution in [2.24, 2.45) is 0 Å². The Morgan fingerprint density at radius 2 is 1.79 bits per heavy atom. The van der Waals surface area contributed by atoms with Crippen LogP contribution in [0.3, 0.4) is 0 Å². The highest BCUT2D eigenvalue weighted by Crippen LogP contribution is 2.25. The van der Waals surface area contributed by atoms with Gasteiger partial charge in [0.25, 0.3) is 0 Å². The van der Waals surface area contributed by atoms with Crippen molar-refractivity contribution < 1.29 is 0 Å². The fraction of sp³-hybridized carbons (Fsp3) is 0.600. The lowest BCUT2D eigenvalue weighted by Crippen LogP contribution is -2.31. The third-order valence-corrected chi connectivity index (χ3v) is 4.08. The summed E-state index contributed by atoms with van der Waals surface area (Å²) in [6, 6.07) is 8.85. The molecule has 0 bridgehead atoms. The number of likely N-dealkylation sites (N-methyl/N-ethyl adjacent to an activating group) is 2. The lowest BCUT2D eigenvalue weighted by molar-refractivity contribution is 0.270. The number of rotatable bonds is 8. The van der Waals surface area contributed by atoms with Crippen LogP contribution in [0.25, 0.3) is 0 Å². The average Bonchev–Trinajstić information content (AvgIpc) is 2.39. The largest absolute Gasteiger partial charge is 0.313 e. The minimum atomic E-state index is 0.400. The molecule has 19 heavy (non-hydrogen) atoms. The van der Waals surface area contributed by atoms with Crippen molar-refractivity contribution in [1.82, 2.24) is 15.1 Å². The van der Waals surface area contributed by atoms with Gasteiger partial charge in [-0.05, 0) is 52.8 Å². The monoisotopic (exact) mass is 327 g/mol. The predicted octanol–water partition coefficient (Wildman–Crippen LogP) is 2.59. The van der Waals surface area contributed by atoms with Crippen molar-refractivity contribution in [3.63, 3.8) is 0 Å². The van der Waals surface area contributed by atoms with E-state index in [0.29, 0.717) is 6.04 Å². The maximum Gasteiger partial charge on any atom is 0.0340 e. The van der Waals surface area contributed by atoms with Gasteiger partial charge in [0.05, 0.1) is 0 Å². The van der Waals surface area contributed by atoms with E-state index in [9.17, 15) is 0 Å². The Hall–Kier alpha value is -0.420. The zero-order valence-electron chi connectivity index (χ0n) is 12.5. The van der Waals surface area contributed by atoms with Gasteiger partial charge in [-0.15, -0.1) is 0 Å². The Morgan fingerprint density at radius 1 is 1.11 bits per heavy atom. The molecule has 0 spiro atoms. The first-order chi connectivity index (χ1) is 9.04. The molecule has 1 N–H and O–H groups in total. The van der Waals surface area contributed by atoms with E-state index in [-0.39, 0.29) is 0 Å². The molecular weight excluding hydrogens is 302 g/mol. The van der Waals surface area contributed by atoms with Gasteiger partial charge in [0, 0.05) is 23.6 Å². The zero-order valence-corrected chi connectivity index (χ0v) is 14.1. The summed E-state index contributed by atoms with van der Waals surface area (Å²) in [7, 11) is 8.46. The SMILES string of the molecule is CNC(CCN(C)CCN(C)C)c1ccccc1Br. The third kappa shape index (κ3) is 6.04. The number of nitrogens with one attached hydrogen (secondary N) is 1. The Kier molecular flexibility index (Phi) is 7.61. The van der Waals surface area contributed by atoms with Crippen molar-refractivity contribution in [3.8, 4) is 0 Å². The highest BCUT2D eigenvalue weighted by atomic mass is 79.9. The molecule has 0 radical (unpaired) electrons. The van der Waals surface area contributed by atoms with Gasteiger partial charge in [-0.3, -0.25) is 0 Å². The van der Waals surface area contributed by atoms with Gasteiger partial charge >= 0.3 is 0 Å². The Bertz CT molecular complexity index is 368. The smallest absolute Gasteiger partial charge is 0.0340 e. The van der Waals surface area contributed by atoms with Crippen LogP contribution in [0.15, 0.2) is 28.7 Å². The van der Waals surface area contributed by atoms with Crippen LogP contribution in [0.5, 0.6) is 0 Å². The van der Waals surface area contributed by atoms with Crippen LogP contribution < -0.4 is 5.32 Å². The van der Waals surface area contributed by atoms with Crippen molar-refractivity contribution >= 4 is 15.9 Å². The van der Waals surface area contributed by atoms with Crippen molar-refractivity contribution in [2.75, 3.05) is 47.8 Å². The topological polar surface area (TPSA) is 18.5 Å². The van der Waals surface area contributed by atoms with E-state index in [1.54, 1.807) is 0 Å². The standard InChI is InChI=1S/C15H26BrN3/c1-17-15(13-7-5-6-8-14(13)16)9-10-19(4)12-11-18(2)3/h5-8,15,17H,9-12H2,1-4H3. The molecular formula is C15H26BrN3. The first kappa shape index (κ1) is 16.6. The fourth-order valence-electron chi connectivity index (χ4n) is 2.05. The van der Waals surface area contributed by atoms with Crippen LogP contribution in [0.2, 0.25) is 0 Å². The van der Waals surface area contributed by atoms with Crippen LogP contribution in [-0.2, 0) is 0 Å². The van der Waals surface area contributed by atoms with Crippen LogP contribution in [0.4, 0.5) is 0 Å². The van der Waals surface area contributed by atoms with Gasteiger partial charge in [-0.2, -0.15) is 0 Å². The quantitative estimate of drug-likeness (QED) is 0.791. The molecule has 3 nitrogen and oxygen atoms in total. The summed E-state index contributed by atoms with van der Waals surface area (Å²) < 4.78 is 1.19. The van der Waals surface area contributed by atoms with Crippen molar-refractivity contribution in [1.29, 1.82) is 0 Å². The zero-order chi connectivity index (χ0) is 14.3. The second kappa shape index (κ2) is 8.69. The van der Waals surface area contributed by atoms with Gasteiger partial charge in [0.2, 0.25) is 0 Å². The second-order valence-electron chi connectivity index (χ2n) is 5.26. The fourth-order valence-corrected chi connectivity index (χ4v) is 2.61. The molecule has 0 aromatic heterocycles. The molecule has 0 amide bonds. The Morgan fingerprint density at radius 3 is 2.37 bits per heavy atom. The van der Waals surface area contributed by atoms with E-state index in [1.807, 2.05) is 7.05 Å². The molecule has 0 aliphatic rings. The number of hydrogen-bond donors (Lipinski definition) is 1. The second-order valence-corrected chi connectivity index (χ2v) is 6.11. The van der Waals surface area contributed by atoms with Crippen LogP contribution in [-0.4, -0.2) is 57.6 Å². The summed E-state index contributed by atoms with van der Waals surface area (Å²) in [5.41, 5.74) is 1.34. The molecule has 0 fully saturated rings. The first-order valence-corrected chi connectivity index (χ1v) is 7.59. The summed E-state index contributed by atoms with van der Waals surface area (Å²) in [5, 5.41) is 3.41. The minimum Gasteiger partial charge on any atom is -0.313 e. The Balaban J connectivity index is 2.47. The third-order valence-electron chi connectivity index (χ3n) is 3.36. The molecule has 0 saturated carbocycles. The van der Waals surface area contributed by atoms with Gasteiger partial charge in [-0.25, -0.2) is 0 Å². The van der Waals surface area contributed by atoms with E-state index in [2.05, 4.69) is 76.5 Å². The van der Waals surface area contributed by atoms with E-state index >= 15 is 0 Å². The molecule has 108 valence electrons. The summed E-state index contributed by atoms with van der Waals surface area (Å²) in [4.78, 5) is 4.61. The van der Waals surface area contributed by atoms with Crippen LogP contribution in [0, 0.1) is 0 Å². The lowest BCUT2D eigenvalue weighted by Gasteiger charge is -2.23. The van der Waals surface area contributed by atoms with E-state index in [0.717, 1.165) is 26.1 Å². The average molecular weight is 328 g/mol. The molecule has 0 aliphatic heterocycles. The number of nitrogens with zero attached hydrogens (tertiary/aromatic N) is 2. The maximum atomic E-state index is 3.63. The van der Waals surface area contributed by atoms with Gasteiger partial charge in [-0.1, -0.05) is 34.1 Å². The summed E-state index contributed by atoms with van der Waals surface area (Å²) in [6.07, 6.45) is 1.11. The molecule has 1 aromatic rings. The molecule has 1 atom stereocenters. The highest BCUT2D eigenvalue weighted by molar-refractivity contribution is 9.10. The number of benzene rings is 1. The highest BCUT2D eigenvalue weighted by Gasteiger charge is 2.12. The first-order valence-electron chi connectivity index (χ1n) is 6.79. The summed E-state index contributed by atoms with van der Waals surface area (Å²) in [6.45, 7) is 3.32. The van der Waals surface area contributed by atoms with Crippen molar-refractivity contribution in [2.45, 2.75) is 12.5 Å². The van der Waals surface area contributed by atoms with Crippen LogP contribution in [0.1, 0.15) is 18.0 Å². The molecule has 0 heterocycles. The molecule has 1 unspecified atom stereocenters. The van der Waals surface area contributed by atoms with E-state index < -0.39 is 0 Å². The predicted molar refractivity (Wildman–Crippen MR) is 86.6 cm³/mol. The van der Waals surface area contributed by atoms with Gasteiger partial charge in [0.15, 0.2) is 0 Å². The summed E-state index contributed by atoms with van der Waals surface area (Å²) in [5.74, 6) is 0. The lowest BCUT2D eigenvalue weighted by atomic mass is 10.0. The van der Waals surface area contributed by atoms with Gasteiger partial charge in [0.1, 0.15) is 0 Å². The Labute approximate surface area is 126 Å². The van der Waals surface area contributed by atoms with E-state index in [4.69, 9.17) is 0 Å². The van der Waals surface area contributed by atoms with Crippen LogP contribution >= 0.6 is 15.9 Å². The van der Waals surface area contributed by atoms with Crippen molar-refractivity contribution in [3.05, 3.63) is 34.3 Å². The molecule has 1 aromatic carbocycles. The van der Waals surface area contributed by atoms with E-state index in [1.165, 1.54) is 10.0 Å². The van der Waals surface area contributed by atoms with Gasteiger partial charge < -0.3 is 15.1 Å². The number of hydrogen-bond acceptors (Lipinski definition) is 3. The normalized spacial score (nSPS) is 13.2. The summed E-state index contributed by atoms with van der Waals surface area (Å²) >= 11 is 3.63. The minimum absolute atomic E-state index is 0.400. The molecule has 4 heteroatoms. The maximum absolute atomic E-state index is 3.63. The molecule has 1 rings (SSSR count).